The lowest BCUT2D eigenvalue weighted by Gasteiger charge is -2.20. The largest absolute Gasteiger partial charge is 0.493 e. The van der Waals surface area contributed by atoms with Crippen LogP contribution in [0.4, 0.5) is 0 Å². The third-order valence-electron chi connectivity index (χ3n) is 4.95. The summed E-state index contributed by atoms with van der Waals surface area (Å²) >= 11 is 6.46. The van der Waals surface area contributed by atoms with Gasteiger partial charge in [-0.1, -0.05) is 17.7 Å². The number of hydrogen-bond acceptors (Lipinski definition) is 4. The minimum Gasteiger partial charge on any atom is -0.493 e. The number of methoxy groups -OCH3 is 2. The van der Waals surface area contributed by atoms with E-state index in [0.29, 0.717) is 28.5 Å². The number of nitrogens with zero attached hydrogens (tertiary/aromatic N) is 1. The van der Waals surface area contributed by atoms with Crippen molar-refractivity contribution in [3.63, 3.8) is 0 Å². The Morgan fingerprint density at radius 1 is 1.23 bits per heavy atom. The monoisotopic (exact) mass is 346 g/mol. The van der Waals surface area contributed by atoms with Crippen LogP contribution in [0.2, 0.25) is 5.02 Å². The van der Waals surface area contributed by atoms with Crippen LogP contribution in [0, 0.1) is 11.8 Å². The van der Waals surface area contributed by atoms with Gasteiger partial charge in [-0.3, -0.25) is 4.90 Å². The van der Waals surface area contributed by atoms with Crippen molar-refractivity contribution in [3.8, 4) is 11.5 Å². The predicted molar refractivity (Wildman–Crippen MR) is 91.3 cm³/mol. The molecular weight excluding hydrogens is 323 g/mol. The maximum atomic E-state index is 6.46. The van der Waals surface area contributed by atoms with Crippen molar-refractivity contribution in [2.24, 2.45) is 17.6 Å². The average Bonchev–Trinajstić information content (AvgIpc) is 3.03. The van der Waals surface area contributed by atoms with Crippen molar-refractivity contribution >= 4 is 24.0 Å². The van der Waals surface area contributed by atoms with Crippen LogP contribution in [0.1, 0.15) is 18.4 Å². The molecule has 3 rings (SSSR count). The van der Waals surface area contributed by atoms with E-state index in [4.69, 9.17) is 26.8 Å². The van der Waals surface area contributed by atoms with E-state index < -0.39 is 0 Å². The van der Waals surface area contributed by atoms with E-state index in [-0.39, 0.29) is 12.4 Å². The molecule has 2 fully saturated rings. The summed E-state index contributed by atoms with van der Waals surface area (Å²) in [6, 6.07) is 4.32. The van der Waals surface area contributed by atoms with E-state index in [1.807, 2.05) is 12.1 Å². The topological polar surface area (TPSA) is 47.7 Å². The Morgan fingerprint density at radius 3 is 2.64 bits per heavy atom. The highest BCUT2D eigenvalue weighted by Gasteiger charge is 2.40. The summed E-state index contributed by atoms with van der Waals surface area (Å²) in [5.74, 6) is 2.71. The molecule has 3 atom stereocenters. The first-order valence-electron chi connectivity index (χ1n) is 7.51. The quantitative estimate of drug-likeness (QED) is 0.910. The van der Waals surface area contributed by atoms with Crippen molar-refractivity contribution < 1.29 is 9.47 Å². The summed E-state index contributed by atoms with van der Waals surface area (Å²) in [6.45, 7) is 3.05. The van der Waals surface area contributed by atoms with E-state index in [0.717, 1.165) is 31.1 Å². The Hall–Kier alpha value is -0.680. The van der Waals surface area contributed by atoms with Gasteiger partial charge in [0.05, 0.1) is 19.2 Å². The van der Waals surface area contributed by atoms with Crippen molar-refractivity contribution in [3.05, 3.63) is 22.7 Å². The first kappa shape index (κ1) is 17.7. The third kappa shape index (κ3) is 3.16. The van der Waals surface area contributed by atoms with Crippen molar-refractivity contribution in [2.45, 2.75) is 25.4 Å². The van der Waals surface area contributed by atoms with Gasteiger partial charge in [0, 0.05) is 25.7 Å². The lowest BCUT2D eigenvalue weighted by molar-refractivity contribution is 0.297. The van der Waals surface area contributed by atoms with Crippen LogP contribution < -0.4 is 15.2 Å². The van der Waals surface area contributed by atoms with Gasteiger partial charge in [-0.05, 0) is 36.3 Å². The number of nitrogens with two attached hydrogens (primary N) is 1. The smallest absolute Gasteiger partial charge is 0.179 e. The molecule has 2 aliphatic rings. The number of ether oxygens (including phenoxy) is 2. The Labute approximate surface area is 143 Å². The summed E-state index contributed by atoms with van der Waals surface area (Å²) in [7, 11) is 3.24. The fraction of sp³-hybridized carbons (Fsp3) is 0.625. The van der Waals surface area contributed by atoms with Crippen LogP contribution in [0.15, 0.2) is 12.1 Å². The molecule has 0 amide bonds. The Bertz CT molecular complexity index is 527. The maximum Gasteiger partial charge on any atom is 0.179 e. The number of halogens is 2. The van der Waals surface area contributed by atoms with Crippen LogP contribution in [-0.4, -0.2) is 38.3 Å². The zero-order valence-electron chi connectivity index (χ0n) is 13.0. The molecule has 0 spiro atoms. The highest BCUT2D eigenvalue weighted by atomic mass is 35.5. The molecule has 1 saturated heterocycles. The summed E-state index contributed by atoms with van der Waals surface area (Å²) < 4.78 is 10.6. The van der Waals surface area contributed by atoms with Gasteiger partial charge in [0.2, 0.25) is 0 Å². The molecule has 2 N–H and O–H groups in total. The van der Waals surface area contributed by atoms with Crippen LogP contribution in [0.5, 0.6) is 11.5 Å². The number of fused-ring (bicyclic) bond motifs is 1. The lowest BCUT2D eigenvalue weighted by atomic mass is 9.98. The SMILES string of the molecule is COc1ccc(CN2CC3CCC(N)C3C2)c(Cl)c1OC.Cl. The number of rotatable bonds is 4. The fourth-order valence-electron chi connectivity index (χ4n) is 3.82. The van der Waals surface area contributed by atoms with Gasteiger partial charge in [0.1, 0.15) is 0 Å². The van der Waals surface area contributed by atoms with Crippen LogP contribution in [0.25, 0.3) is 0 Å². The molecule has 4 nitrogen and oxygen atoms in total. The summed E-state index contributed by atoms with van der Waals surface area (Å²) in [5, 5.41) is 0.651. The maximum absolute atomic E-state index is 6.46. The van der Waals surface area contributed by atoms with Gasteiger partial charge in [-0.25, -0.2) is 0 Å². The normalized spacial score (nSPS) is 27.4. The molecule has 1 aromatic carbocycles. The molecule has 0 radical (unpaired) electrons. The summed E-state index contributed by atoms with van der Waals surface area (Å²) in [4.78, 5) is 2.46. The molecule has 1 aliphatic carbocycles. The van der Waals surface area contributed by atoms with E-state index >= 15 is 0 Å². The Kier molecular flexibility index (Phi) is 5.83. The number of benzene rings is 1. The zero-order chi connectivity index (χ0) is 15.0. The van der Waals surface area contributed by atoms with E-state index in [1.165, 1.54) is 12.8 Å². The van der Waals surface area contributed by atoms with Gasteiger partial charge in [0.15, 0.2) is 11.5 Å². The highest BCUT2D eigenvalue weighted by Crippen LogP contribution is 2.40. The first-order valence-corrected chi connectivity index (χ1v) is 7.89. The van der Waals surface area contributed by atoms with E-state index in [1.54, 1.807) is 14.2 Å². The molecule has 1 aromatic rings. The van der Waals surface area contributed by atoms with E-state index in [2.05, 4.69) is 4.90 Å². The minimum atomic E-state index is 0. The standard InChI is InChI=1S/C16H23ClN2O2.ClH/c1-20-14-6-4-11(15(17)16(14)21-2)8-19-7-10-3-5-13(18)12(10)9-19;/h4,6,10,12-13H,3,5,7-9,18H2,1-2H3;1H. The number of likely N-dealkylation sites (tertiary alicyclic amines) is 1. The second-order valence-electron chi connectivity index (χ2n) is 6.13. The second kappa shape index (κ2) is 7.26. The Morgan fingerprint density at radius 2 is 2.00 bits per heavy atom. The Balaban J connectivity index is 0.00000176. The van der Waals surface area contributed by atoms with Gasteiger partial charge in [-0.15, -0.1) is 12.4 Å². The number of hydrogen-bond donors (Lipinski definition) is 1. The second-order valence-corrected chi connectivity index (χ2v) is 6.51. The van der Waals surface area contributed by atoms with Crippen molar-refractivity contribution in [1.29, 1.82) is 0 Å². The highest BCUT2D eigenvalue weighted by molar-refractivity contribution is 6.33. The van der Waals surface area contributed by atoms with Crippen LogP contribution in [-0.2, 0) is 6.54 Å². The van der Waals surface area contributed by atoms with Crippen LogP contribution in [0.3, 0.4) is 0 Å². The predicted octanol–water partition coefficient (Wildman–Crippen LogP) is 2.95. The van der Waals surface area contributed by atoms with Gasteiger partial charge >= 0.3 is 0 Å². The van der Waals surface area contributed by atoms with Gasteiger partial charge in [0.25, 0.3) is 0 Å². The summed E-state index contributed by atoms with van der Waals surface area (Å²) in [5.41, 5.74) is 7.29. The van der Waals surface area contributed by atoms with Crippen molar-refractivity contribution in [1.82, 2.24) is 4.90 Å². The first-order chi connectivity index (χ1) is 10.1. The average molecular weight is 347 g/mol. The van der Waals surface area contributed by atoms with Gasteiger partial charge in [-0.2, -0.15) is 0 Å². The summed E-state index contributed by atoms with van der Waals surface area (Å²) in [6.07, 6.45) is 2.45. The molecule has 124 valence electrons. The van der Waals surface area contributed by atoms with E-state index in [9.17, 15) is 0 Å². The minimum absolute atomic E-state index is 0. The van der Waals surface area contributed by atoms with Crippen LogP contribution >= 0.6 is 24.0 Å². The molecule has 3 unspecified atom stereocenters. The molecule has 6 heteroatoms. The molecule has 1 heterocycles. The zero-order valence-corrected chi connectivity index (χ0v) is 14.6. The molecule has 22 heavy (non-hydrogen) atoms. The molecule has 0 bridgehead atoms. The molecule has 0 aromatic heterocycles. The van der Waals surface area contributed by atoms with Gasteiger partial charge < -0.3 is 15.2 Å². The lowest BCUT2D eigenvalue weighted by Crippen LogP contribution is -2.30. The third-order valence-corrected chi connectivity index (χ3v) is 5.36. The molecule has 1 aliphatic heterocycles. The molecule has 1 saturated carbocycles. The molecular formula is C16H24Cl2N2O2. The fourth-order valence-corrected chi connectivity index (χ4v) is 4.11. The van der Waals surface area contributed by atoms with Crippen molar-refractivity contribution in [2.75, 3.05) is 27.3 Å².